The summed E-state index contributed by atoms with van der Waals surface area (Å²) in [6.07, 6.45) is 3.60. The molecule has 2 amide bonds. The van der Waals surface area contributed by atoms with E-state index in [1.165, 1.54) is 12.1 Å². The topological polar surface area (TPSA) is 120 Å². The smallest absolute Gasteiger partial charge is 0.332 e. The van der Waals surface area contributed by atoms with Crippen molar-refractivity contribution in [3.8, 4) is 11.8 Å². The molecule has 0 saturated heterocycles. The van der Waals surface area contributed by atoms with Gasteiger partial charge in [-0.2, -0.15) is 0 Å². The molecule has 3 rings (SSSR count). The minimum atomic E-state index is -1.84. The molecule has 2 heterocycles. The predicted molar refractivity (Wildman–Crippen MR) is 76.6 cm³/mol. The van der Waals surface area contributed by atoms with Gasteiger partial charge in [0, 0.05) is 24.3 Å². The summed E-state index contributed by atoms with van der Waals surface area (Å²) in [4.78, 5) is 37.1. The zero-order valence-electron chi connectivity index (χ0n) is 12.2. The molecule has 0 aromatic carbocycles. The predicted octanol–water partition coefficient (Wildman–Crippen LogP) is 0.763. The minimum Gasteiger partial charge on any atom is -0.494 e. The summed E-state index contributed by atoms with van der Waals surface area (Å²) in [6.45, 7) is 0. The number of hydrogen-bond acceptors (Lipinski definition) is 5. The maximum atomic E-state index is 12.1. The van der Waals surface area contributed by atoms with Gasteiger partial charge in [0.15, 0.2) is 17.3 Å². The number of imide groups is 1. The van der Waals surface area contributed by atoms with Crippen LogP contribution >= 0.6 is 0 Å². The van der Waals surface area contributed by atoms with E-state index >= 15 is 0 Å². The first-order valence-electron chi connectivity index (χ1n) is 7.28. The van der Waals surface area contributed by atoms with Crippen LogP contribution in [0.4, 0.5) is 0 Å². The Kier molecular flexibility index (Phi) is 3.39. The van der Waals surface area contributed by atoms with Crippen molar-refractivity contribution in [2.75, 3.05) is 0 Å². The number of carbonyl (C=O) groups is 3. The van der Waals surface area contributed by atoms with Gasteiger partial charge in [-0.3, -0.25) is 19.1 Å². The lowest BCUT2D eigenvalue weighted by molar-refractivity contribution is -0.168. The molecule has 1 aromatic rings. The molecule has 3 N–H and O–H groups in total. The molecule has 1 saturated carbocycles. The van der Waals surface area contributed by atoms with Crippen LogP contribution in [-0.2, 0) is 14.4 Å². The molecule has 0 bridgehead atoms. The first-order valence-corrected chi connectivity index (χ1v) is 7.28. The van der Waals surface area contributed by atoms with Crippen molar-refractivity contribution < 1.29 is 29.7 Å². The number of aromatic nitrogens is 1. The highest BCUT2D eigenvalue weighted by molar-refractivity contribution is 6.15. The molecule has 0 spiro atoms. The summed E-state index contributed by atoms with van der Waals surface area (Å²) in [7, 11) is 0. The molecule has 23 heavy (non-hydrogen) atoms. The van der Waals surface area contributed by atoms with Crippen molar-refractivity contribution in [3.63, 3.8) is 0 Å². The zero-order chi connectivity index (χ0) is 16.8. The third-order valence-corrected chi connectivity index (χ3v) is 4.60. The second kappa shape index (κ2) is 5.15. The second-order valence-corrected chi connectivity index (χ2v) is 5.76. The fourth-order valence-electron chi connectivity index (χ4n) is 3.63. The molecule has 2 aliphatic rings. The average Bonchev–Trinajstić information content (AvgIpc) is 3.01. The van der Waals surface area contributed by atoms with Crippen LogP contribution in [0.1, 0.15) is 31.7 Å². The van der Waals surface area contributed by atoms with Gasteiger partial charge in [-0.25, -0.2) is 4.79 Å². The molecule has 0 radical (unpaired) electrons. The van der Waals surface area contributed by atoms with Crippen LogP contribution in [0.5, 0.6) is 11.8 Å². The quantitative estimate of drug-likeness (QED) is 0.707. The Hall–Kier alpha value is -2.77. The van der Waals surface area contributed by atoms with Crippen molar-refractivity contribution in [3.05, 3.63) is 24.3 Å². The normalized spacial score (nSPS) is 27.7. The van der Waals surface area contributed by atoms with Crippen molar-refractivity contribution in [2.24, 2.45) is 0 Å². The number of carboxylic acids is 1. The first-order chi connectivity index (χ1) is 10.9. The summed E-state index contributed by atoms with van der Waals surface area (Å²) in [5, 5.41) is 29.8. The van der Waals surface area contributed by atoms with Crippen LogP contribution in [0, 0.1) is 0 Å². The first kappa shape index (κ1) is 15.1. The molecule has 122 valence electrons. The lowest BCUT2D eigenvalue weighted by Crippen LogP contribution is -2.62. The molecule has 1 aliphatic heterocycles. The van der Waals surface area contributed by atoms with Gasteiger partial charge in [-0.05, 0) is 12.8 Å². The van der Waals surface area contributed by atoms with Crippen LogP contribution in [-0.4, -0.2) is 48.1 Å². The molecule has 1 aromatic heterocycles. The molecular formula is C15H16N2O6. The van der Waals surface area contributed by atoms with Crippen LogP contribution in [0.25, 0.3) is 0 Å². The van der Waals surface area contributed by atoms with Gasteiger partial charge in [0.1, 0.15) is 0 Å². The van der Waals surface area contributed by atoms with E-state index in [2.05, 4.69) is 0 Å². The number of rotatable bonds is 3. The second-order valence-electron chi connectivity index (χ2n) is 5.76. The zero-order valence-corrected chi connectivity index (χ0v) is 12.2. The van der Waals surface area contributed by atoms with E-state index in [1.807, 2.05) is 0 Å². The molecule has 8 nitrogen and oxygen atoms in total. The average molecular weight is 320 g/mol. The van der Waals surface area contributed by atoms with Crippen molar-refractivity contribution in [1.82, 2.24) is 9.47 Å². The van der Waals surface area contributed by atoms with E-state index in [0.29, 0.717) is 19.3 Å². The lowest BCUT2D eigenvalue weighted by atomic mass is 9.75. The van der Waals surface area contributed by atoms with Gasteiger partial charge in [-0.15, -0.1) is 0 Å². The Morgan fingerprint density at radius 2 is 1.65 bits per heavy atom. The van der Waals surface area contributed by atoms with Crippen molar-refractivity contribution >= 4 is 17.8 Å². The fourth-order valence-corrected chi connectivity index (χ4v) is 3.63. The molecule has 2 atom stereocenters. The minimum absolute atomic E-state index is 0.0588. The van der Waals surface area contributed by atoms with E-state index < -0.39 is 29.4 Å². The number of amides is 2. The SMILES string of the molecule is O=C1C=CC(=O)N1C1(C(=O)O)CCCCC1n1c(O)ccc1O. The Bertz CT molecular complexity index is 684. The monoisotopic (exact) mass is 320 g/mol. The Morgan fingerprint density at radius 3 is 2.17 bits per heavy atom. The van der Waals surface area contributed by atoms with E-state index in [-0.39, 0.29) is 18.2 Å². The summed E-state index contributed by atoms with van der Waals surface area (Å²) in [5.74, 6) is -3.36. The van der Waals surface area contributed by atoms with Crippen molar-refractivity contribution in [2.45, 2.75) is 37.3 Å². The maximum absolute atomic E-state index is 12.1. The van der Waals surface area contributed by atoms with E-state index in [9.17, 15) is 29.7 Å². The lowest BCUT2D eigenvalue weighted by Gasteiger charge is -2.46. The number of aliphatic carboxylic acids is 1. The third-order valence-electron chi connectivity index (χ3n) is 4.60. The van der Waals surface area contributed by atoms with E-state index in [1.54, 1.807) is 0 Å². The molecule has 1 fully saturated rings. The standard InChI is InChI=1S/C15H16N2O6/c18-10-4-5-11(19)16(10)9-3-1-2-8-15(9,14(22)23)17-12(20)6-7-13(17)21/h4-7,9,18-19H,1-3,8H2,(H,22,23). The van der Waals surface area contributed by atoms with Crippen LogP contribution < -0.4 is 0 Å². The fraction of sp³-hybridized carbons (Fsp3) is 0.400. The van der Waals surface area contributed by atoms with Crippen LogP contribution in [0.15, 0.2) is 24.3 Å². The summed E-state index contributed by atoms with van der Waals surface area (Å²) < 4.78 is 1.08. The highest BCUT2D eigenvalue weighted by Crippen LogP contribution is 2.46. The maximum Gasteiger partial charge on any atom is 0.332 e. The highest BCUT2D eigenvalue weighted by Gasteiger charge is 2.57. The van der Waals surface area contributed by atoms with Gasteiger partial charge in [0.25, 0.3) is 11.8 Å². The van der Waals surface area contributed by atoms with Crippen LogP contribution in [0.3, 0.4) is 0 Å². The van der Waals surface area contributed by atoms with Crippen molar-refractivity contribution in [1.29, 1.82) is 0 Å². The Labute approximate surface area is 131 Å². The Balaban J connectivity index is 2.18. The van der Waals surface area contributed by atoms with Gasteiger partial charge in [0.05, 0.1) is 6.04 Å². The Morgan fingerprint density at radius 1 is 1.09 bits per heavy atom. The van der Waals surface area contributed by atoms with E-state index in [0.717, 1.165) is 21.6 Å². The number of carbonyl (C=O) groups excluding carboxylic acids is 2. The summed E-state index contributed by atoms with van der Waals surface area (Å²) in [5.41, 5.74) is -1.84. The molecular weight excluding hydrogens is 304 g/mol. The van der Waals surface area contributed by atoms with Gasteiger partial charge in [0.2, 0.25) is 0 Å². The molecule has 8 heteroatoms. The van der Waals surface area contributed by atoms with Gasteiger partial charge >= 0.3 is 5.97 Å². The highest BCUT2D eigenvalue weighted by atomic mass is 16.4. The molecule has 2 unspecified atom stereocenters. The number of aromatic hydroxyl groups is 2. The third kappa shape index (κ3) is 2.01. The number of carboxylic acid groups (broad SMARTS) is 1. The number of nitrogens with zero attached hydrogens (tertiary/aromatic N) is 2. The molecule has 1 aliphatic carbocycles. The summed E-state index contributed by atoms with van der Waals surface area (Å²) >= 11 is 0. The van der Waals surface area contributed by atoms with Gasteiger partial charge in [-0.1, -0.05) is 12.8 Å². The van der Waals surface area contributed by atoms with E-state index in [4.69, 9.17) is 0 Å². The van der Waals surface area contributed by atoms with Crippen LogP contribution in [0.2, 0.25) is 0 Å². The van der Waals surface area contributed by atoms with Gasteiger partial charge < -0.3 is 15.3 Å². The largest absolute Gasteiger partial charge is 0.494 e. The summed E-state index contributed by atoms with van der Waals surface area (Å²) in [6, 6.07) is 1.53. The number of hydrogen-bond donors (Lipinski definition) is 3.